The summed E-state index contributed by atoms with van der Waals surface area (Å²) in [6.45, 7) is 0. The van der Waals surface area contributed by atoms with E-state index in [2.05, 4.69) is 10.3 Å². The minimum Gasteiger partial charge on any atom is -0.505 e. The number of fused-ring (bicyclic) bond motifs is 1. The zero-order valence-corrected chi connectivity index (χ0v) is 9.06. The Balaban J connectivity index is 2.77. The van der Waals surface area contributed by atoms with Crippen molar-refractivity contribution in [3.05, 3.63) is 34.1 Å². The van der Waals surface area contributed by atoms with Crippen molar-refractivity contribution in [2.24, 2.45) is 5.73 Å². The van der Waals surface area contributed by atoms with Crippen molar-refractivity contribution in [3.63, 3.8) is 0 Å². The molecule has 1 heterocycles. The van der Waals surface area contributed by atoms with E-state index in [0.29, 0.717) is 5.39 Å². The number of carbonyl (C=O) groups excluding carboxylic acids is 2. The molecular weight excluding hydrogens is 238 g/mol. The quantitative estimate of drug-likeness (QED) is 0.565. The third-order valence-corrected chi connectivity index (χ3v) is 2.47. The molecule has 1 aromatic carbocycles. The average molecular weight is 247 g/mol. The van der Waals surface area contributed by atoms with Gasteiger partial charge >= 0.3 is 0 Å². The number of amides is 2. The van der Waals surface area contributed by atoms with Crippen LogP contribution in [0.15, 0.2) is 23.0 Å². The van der Waals surface area contributed by atoms with Crippen LogP contribution in [0.25, 0.3) is 10.9 Å². The van der Waals surface area contributed by atoms with E-state index in [0.717, 1.165) is 0 Å². The number of aromatic amines is 1. The summed E-state index contributed by atoms with van der Waals surface area (Å²) < 4.78 is 0. The number of primary amides is 1. The van der Waals surface area contributed by atoms with Gasteiger partial charge < -0.3 is 21.1 Å². The third-order valence-electron chi connectivity index (χ3n) is 2.47. The Morgan fingerprint density at radius 1 is 1.44 bits per heavy atom. The van der Waals surface area contributed by atoms with Crippen LogP contribution in [0.4, 0.5) is 5.69 Å². The molecule has 1 aromatic heterocycles. The third kappa shape index (κ3) is 1.77. The van der Waals surface area contributed by atoms with Gasteiger partial charge in [-0.05, 0) is 18.2 Å². The molecule has 2 rings (SSSR count). The number of aromatic nitrogens is 1. The SMILES string of the molecule is NC(=O)c1ccc2c(O)c(NC=O)c(=O)[nH]c2c1. The maximum Gasteiger partial charge on any atom is 0.276 e. The lowest BCUT2D eigenvalue weighted by molar-refractivity contribution is -0.105. The molecule has 7 nitrogen and oxygen atoms in total. The number of nitrogens with two attached hydrogens (primary N) is 1. The maximum atomic E-state index is 11.6. The van der Waals surface area contributed by atoms with E-state index in [4.69, 9.17) is 5.73 Å². The Labute approximate surface area is 100 Å². The second kappa shape index (κ2) is 4.21. The summed E-state index contributed by atoms with van der Waals surface area (Å²) in [6.07, 6.45) is 0.286. The summed E-state index contributed by atoms with van der Waals surface area (Å²) in [5.74, 6) is -1.01. The first-order valence-corrected chi connectivity index (χ1v) is 4.93. The van der Waals surface area contributed by atoms with Crippen LogP contribution < -0.4 is 16.6 Å². The molecule has 0 bridgehead atoms. The molecule has 5 N–H and O–H groups in total. The van der Waals surface area contributed by atoms with Crippen molar-refractivity contribution < 1.29 is 14.7 Å². The van der Waals surface area contributed by atoms with Crippen LogP contribution in [0.2, 0.25) is 0 Å². The van der Waals surface area contributed by atoms with Gasteiger partial charge in [0, 0.05) is 10.9 Å². The van der Waals surface area contributed by atoms with Crippen LogP contribution in [0.1, 0.15) is 10.4 Å². The van der Waals surface area contributed by atoms with Crippen molar-refractivity contribution in [1.29, 1.82) is 0 Å². The number of anilines is 1. The Morgan fingerprint density at radius 3 is 2.78 bits per heavy atom. The molecule has 0 spiro atoms. The minimum absolute atomic E-state index is 0.202. The zero-order chi connectivity index (χ0) is 13.3. The predicted molar refractivity (Wildman–Crippen MR) is 64.4 cm³/mol. The highest BCUT2D eigenvalue weighted by Crippen LogP contribution is 2.28. The molecule has 92 valence electrons. The molecule has 0 unspecified atom stereocenters. The fourth-order valence-electron chi connectivity index (χ4n) is 1.63. The number of nitrogens with one attached hydrogen (secondary N) is 2. The second-order valence-corrected chi connectivity index (χ2v) is 3.56. The van der Waals surface area contributed by atoms with Gasteiger partial charge in [-0.3, -0.25) is 14.4 Å². The molecule has 18 heavy (non-hydrogen) atoms. The minimum atomic E-state index is -0.672. The molecular formula is C11H9N3O4. The van der Waals surface area contributed by atoms with Gasteiger partial charge in [0.1, 0.15) is 5.69 Å². The van der Waals surface area contributed by atoms with Crippen LogP contribution in [0.3, 0.4) is 0 Å². The van der Waals surface area contributed by atoms with Gasteiger partial charge in [-0.2, -0.15) is 0 Å². The fraction of sp³-hybridized carbons (Fsp3) is 0. The molecule has 0 fully saturated rings. The highest BCUT2D eigenvalue weighted by atomic mass is 16.3. The van der Waals surface area contributed by atoms with Gasteiger partial charge in [0.15, 0.2) is 5.75 Å². The molecule has 0 radical (unpaired) electrons. The molecule has 0 saturated carbocycles. The van der Waals surface area contributed by atoms with Crippen LogP contribution in [-0.2, 0) is 4.79 Å². The van der Waals surface area contributed by atoms with Gasteiger partial charge in [0.2, 0.25) is 12.3 Å². The number of benzene rings is 1. The smallest absolute Gasteiger partial charge is 0.276 e. The zero-order valence-electron chi connectivity index (χ0n) is 9.06. The van der Waals surface area contributed by atoms with E-state index in [1.807, 2.05) is 0 Å². The lowest BCUT2D eigenvalue weighted by Crippen LogP contribution is -2.14. The highest BCUT2D eigenvalue weighted by Gasteiger charge is 2.12. The first-order valence-electron chi connectivity index (χ1n) is 4.93. The van der Waals surface area contributed by atoms with Crippen molar-refractivity contribution in [3.8, 4) is 5.75 Å². The summed E-state index contributed by atoms with van der Waals surface area (Å²) in [5.41, 5.74) is 4.65. The molecule has 0 aliphatic rings. The fourth-order valence-corrected chi connectivity index (χ4v) is 1.63. The second-order valence-electron chi connectivity index (χ2n) is 3.56. The van der Waals surface area contributed by atoms with Crippen molar-refractivity contribution in [2.75, 3.05) is 5.32 Å². The molecule has 0 aliphatic carbocycles. The lowest BCUT2D eigenvalue weighted by atomic mass is 10.1. The summed E-state index contributed by atoms with van der Waals surface area (Å²) in [7, 11) is 0. The number of hydrogen-bond acceptors (Lipinski definition) is 4. The highest BCUT2D eigenvalue weighted by molar-refractivity contribution is 5.99. The summed E-state index contributed by atoms with van der Waals surface area (Å²) in [6, 6.07) is 4.19. The Bertz CT molecular complexity index is 705. The lowest BCUT2D eigenvalue weighted by Gasteiger charge is -2.06. The number of hydrogen-bond donors (Lipinski definition) is 4. The van der Waals surface area contributed by atoms with E-state index < -0.39 is 11.5 Å². The van der Waals surface area contributed by atoms with E-state index in [9.17, 15) is 19.5 Å². The summed E-state index contributed by atoms with van der Waals surface area (Å²) in [4.78, 5) is 35.3. The van der Waals surface area contributed by atoms with E-state index in [1.165, 1.54) is 18.2 Å². The standard InChI is InChI=1S/C11H9N3O4/c12-10(17)5-1-2-6-7(3-5)14-11(18)8(9(6)16)13-4-15/h1-4H,(H2,12,17)(H,13,15)(H2,14,16,18). The van der Waals surface area contributed by atoms with Crippen LogP contribution in [-0.4, -0.2) is 22.4 Å². The number of pyridine rings is 1. The monoisotopic (exact) mass is 247 g/mol. The first-order chi connectivity index (χ1) is 8.54. The van der Waals surface area contributed by atoms with Crippen LogP contribution in [0, 0.1) is 0 Å². The maximum absolute atomic E-state index is 11.6. The predicted octanol–water partition coefficient (Wildman–Crippen LogP) is -0.0991. The average Bonchev–Trinajstić information content (AvgIpc) is 2.33. The van der Waals surface area contributed by atoms with Crippen LogP contribution >= 0.6 is 0 Å². The number of carbonyl (C=O) groups is 2. The Morgan fingerprint density at radius 2 is 2.17 bits per heavy atom. The first kappa shape index (κ1) is 11.6. The van der Waals surface area contributed by atoms with Crippen LogP contribution in [0.5, 0.6) is 5.75 Å². The van der Waals surface area contributed by atoms with E-state index in [1.54, 1.807) is 0 Å². The molecule has 0 saturated heterocycles. The van der Waals surface area contributed by atoms with Gasteiger partial charge in [-0.25, -0.2) is 0 Å². The van der Waals surface area contributed by atoms with Gasteiger partial charge in [0.05, 0.1) is 5.52 Å². The molecule has 7 heteroatoms. The largest absolute Gasteiger partial charge is 0.505 e. The number of rotatable bonds is 3. The number of aromatic hydroxyl groups is 1. The number of H-pyrrole nitrogens is 1. The van der Waals surface area contributed by atoms with Crippen molar-refractivity contribution in [1.82, 2.24) is 4.98 Å². The van der Waals surface area contributed by atoms with Crippen molar-refractivity contribution in [2.45, 2.75) is 0 Å². The molecule has 2 aromatic rings. The van der Waals surface area contributed by atoms with Gasteiger partial charge in [-0.1, -0.05) is 0 Å². The summed E-state index contributed by atoms with van der Waals surface area (Å²) >= 11 is 0. The molecule has 0 atom stereocenters. The molecule has 0 aliphatic heterocycles. The normalized spacial score (nSPS) is 10.2. The summed E-state index contributed by atoms with van der Waals surface area (Å²) in [5, 5.41) is 12.2. The van der Waals surface area contributed by atoms with Gasteiger partial charge in [-0.15, -0.1) is 0 Å². The van der Waals surface area contributed by atoms with Gasteiger partial charge in [0.25, 0.3) is 5.56 Å². The van der Waals surface area contributed by atoms with E-state index >= 15 is 0 Å². The van der Waals surface area contributed by atoms with Crippen molar-refractivity contribution >= 4 is 28.9 Å². The topological polar surface area (TPSA) is 125 Å². The molecule has 2 amide bonds. The van der Waals surface area contributed by atoms with E-state index in [-0.39, 0.29) is 28.9 Å². The Kier molecular flexibility index (Phi) is 2.72. The Hall–Kier alpha value is -2.83.